The minimum atomic E-state index is -0.489. The summed E-state index contributed by atoms with van der Waals surface area (Å²) >= 11 is 0. The largest absolute Gasteiger partial charge is 0.466 e. The topological polar surface area (TPSA) is 46.5 Å². The second-order valence-corrected chi connectivity index (χ2v) is 3.89. The van der Waals surface area contributed by atoms with Gasteiger partial charge >= 0.3 is 5.97 Å². The van der Waals surface area contributed by atoms with Crippen LogP contribution in [0.2, 0.25) is 0 Å². The van der Waals surface area contributed by atoms with Gasteiger partial charge in [-0.2, -0.15) is 0 Å². The highest BCUT2D eigenvalue weighted by Crippen LogP contribution is 2.58. The van der Waals surface area contributed by atoms with Crippen LogP contribution in [0.4, 0.5) is 0 Å². The summed E-state index contributed by atoms with van der Waals surface area (Å²) in [6, 6.07) is 0. The predicted octanol–water partition coefficient (Wildman–Crippen LogP) is 0.711. The average molecular weight is 170 g/mol. The van der Waals surface area contributed by atoms with Gasteiger partial charge in [0, 0.05) is 0 Å². The normalized spacial score (nSPS) is 43.8. The third-order valence-corrected chi connectivity index (χ3v) is 2.99. The van der Waals surface area contributed by atoms with E-state index in [1.54, 1.807) is 0 Å². The summed E-state index contributed by atoms with van der Waals surface area (Å²) in [5, 5.41) is 9.65. The summed E-state index contributed by atoms with van der Waals surface area (Å²) < 4.78 is 4.89. The van der Waals surface area contributed by atoms with E-state index in [1.165, 1.54) is 0 Å². The van der Waals surface area contributed by atoms with Crippen LogP contribution in [-0.2, 0) is 9.53 Å². The van der Waals surface area contributed by atoms with Gasteiger partial charge in [-0.3, -0.25) is 4.79 Å². The van der Waals surface area contributed by atoms with E-state index in [9.17, 15) is 9.90 Å². The lowest BCUT2D eigenvalue weighted by atomic mass is 10.0. The van der Waals surface area contributed by atoms with Crippen molar-refractivity contribution in [2.24, 2.45) is 11.8 Å². The molecule has 0 spiro atoms. The number of ether oxygens (including phenoxy) is 1. The van der Waals surface area contributed by atoms with Gasteiger partial charge in [0.2, 0.25) is 0 Å². The molecular formula is C9H14O3. The molecule has 1 N–H and O–H groups in total. The Morgan fingerprint density at radius 1 is 1.67 bits per heavy atom. The van der Waals surface area contributed by atoms with Crippen LogP contribution in [0.25, 0.3) is 0 Å². The highest BCUT2D eigenvalue weighted by molar-refractivity contribution is 5.73. The number of carbonyl (C=O) groups excluding carboxylic acids is 1. The molecule has 3 nitrogen and oxygen atoms in total. The highest BCUT2D eigenvalue weighted by Gasteiger charge is 2.60. The molecule has 0 radical (unpaired) electrons. The Labute approximate surface area is 71.7 Å². The number of carbonyl (C=O) groups is 1. The van der Waals surface area contributed by atoms with Crippen LogP contribution in [0, 0.1) is 11.8 Å². The molecule has 0 saturated heterocycles. The molecule has 0 heterocycles. The van der Waals surface area contributed by atoms with Gasteiger partial charge in [-0.05, 0) is 32.1 Å². The van der Waals surface area contributed by atoms with Crippen LogP contribution in [0.15, 0.2) is 0 Å². The Balaban J connectivity index is 1.88. The molecule has 0 amide bonds. The maximum Gasteiger partial charge on any atom is 0.309 e. The lowest BCUT2D eigenvalue weighted by molar-refractivity contribution is -0.148. The smallest absolute Gasteiger partial charge is 0.309 e. The molecule has 2 fully saturated rings. The number of esters is 1. The van der Waals surface area contributed by atoms with Crippen molar-refractivity contribution in [1.29, 1.82) is 0 Å². The van der Waals surface area contributed by atoms with E-state index in [1.807, 2.05) is 6.92 Å². The van der Waals surface area contributed by atoms with E-state index in [0.717, 1.165) is 12.8 Å². The first-order chi connectivity index (χ1) is 5.65. The van der Waals surface area contributed by atoms with Gasteiger partial charge in [-0.15, -0.1) is 0 Å². The fourth-order valence-electron chi connectivity index (χ4n) is 2.21. The molecule has 2 unspecified atom stereocenters. The summed E-state index contributed by atoms with van der Waals surface area (Å²) in [7, 11) is 0. The number of aliphatic hydroxyl groups is 1. The van der Waals surface area contributed by atoms with Crippen LogP contribution < -0.4 is 0 Å². The molecule has 12 heavy (non-hydrogen) atoms. The quantitative estimate of drug-likeness (QED) is 0.621. The van der Waals surface area contributed by atoms with Crippen molar-refractivity contribution in [3.8, 4) is 0 Å². The monoisotopic (exact) mass is 170 g/mol. The summed E-state index contributed by atoms with van der Waals surface area (Å²) in [5.74, 6) is 0.221. The van der Waals surface area contributed by atoms with E-state index in [2.05, 4.69) is 0 Å². The predicted molar refractivity (Wildman–Crippen MR) is 42.4 cm³/mol. The second-order valence-electron chi connectivity index (χ2n) is 3.89. The highest BCUT2D eigenvalue weighted by atomic mass is 16.5. The minimum Gasteiger partial charge on any atom is -0.466 e. The summed E-state index contributed by atoms with van der Waals surface area (Å²) in [6.07, 6.45) is 2.34. The van der Waals surface area contributed by atoms with Crippen molar-refractivity contribution in [2.45, 2.75) is 31.8 Å². The molecule has 0 aromatic rings. The number of fused-ring (bicyclic) bond motifs is 1. The zero-order valence-electron chi connectivity index (χ0n) is 7.25. The first kappa shape index (κ1) is 8.05. The third-order valence-electron chi connectivity index (χ3n) is 2.99. The molecule has 3 heteroatoms. The lowest BCUT2D eigenvalue weighted by Gasteiger charge is -2.10. The molecule has 0 aromatic carbocycles. The number of hydrogen-bond acceptors (Lipinski definition) is 3. The summed E-state index contributed by atoms with van der Waals surface area (Å²) in [5.41, 5.74) is -0.489. The van der Waals surface area contributed by atoms with Crippen LogP contribution in [0.3, 0.4) is 0 Å². The first-order valence-electron chi connectivity index (χ1n) is 4.55. The average Bonchev–Trinajstić information content (AvgIpc) is 2.51. The van der Waals surface area contributed by atoms with Crippen LogP contribution >= 0.6 is 0 Å². The Morgan fingerprint density at radius 2 is 2.42 bits per heavy atom. The Morgan fingerprint density at radius 3 is 2.92 bits per heavy atom. The molecule has 0 bridgehead atoms. The molecule has 2 rings (SSSR count). The van der Waals surface area contributed by atoms with E-state index in [-0.39, 0.29) is 11.9 Å². The Hall–Kier alpha value is -0.570. The standard InChI is InChI=1S/C9H14O3/c1-2-12-8(10)6-3-7-5-9(7,11)4-6/h6-7,11H,2-5H2,1H3/t6?,7?,9-/m0/s1. The van der Waals surface area contributed by atoms with Crippen molar-refractivity contribution < 1.29 is 14.6 Å². The zero-order valence-corrected chi connectivity index (χ0v) is 7.25. The van der Waals surface area contributed by atoms with Gasteiger partial charge in [-0.25, -0.2) is 0 Å². The van der Waals surface area contributed by atoms with Crippen LogP contribution in [0.1, 0.15) is 26.2 Å². The number of hydrogen-bond donors (Lipinski definition) is 1. The summed E-state index contributed by atoms with van der Waals surface area (Å²) in [4.78, 5) is 11.2. The van der Waals surface area contributed by atoms with Gasteiger partial charge in [0.1, 0.15) is 0 Å². The number of rotatable bonds is 2. The van der Waals surface area contributed by atoms with Crippen LogP contribution in [0.5, 0.6) is 0 Å². The molecule has 0 aromatic heterocycles. The Bertz CT molecular complexity index is 214. The Kier molecular flexibility index (Phi) is 1.65. The molecule has 2 saturated carbocycles. The second kappa shape index (κ2) is 2.46. The molecule has 0 aliphatic heterocycles. The SMILES string of the molecule is CCOC(=O)C1CC2C[C@@]2(O)C1. The third kappa shape index (κ3) is 1.12. The van der Waals surface area contributed by atoms with Gasteiger partial charge in [0.25, 0.3) is 0 Å². The van der Waals surface area contributed by atoms with Gasteiger partial charge in [0.15, 0.2) is 0 Å². The van der Waals surface area contributed by atoms with E-state index >= 15 is 0 Å². The van der Waals surface area contributed by atoms with Crippen molar-refractivity contribution in [1.82, 2.24) is 0 Å². The molecule has 3 atom stereocenters. The fourth-order valence-corrected chi connectivity index (χ4v) is 2.21. The van der Waals surface area contributed by atoms with Gasteiger partial charge < -0.3 is 9.84 Å². The summed E-state index contributed by atoms with van der Waals surface area (Å²) in [6.45, 7) is 2.25. The molecule has 2 aliphatic rings. The minimum absolute atomic E-state index is 0.0336. The van der Waals surface area contributed by atoms with E-state index in [0.29, 0.717) is 18.9 Å². The maximum atomic E-state index is 11.2. The van der Waals surface area contributed by atoms with Crippen LogP contribution in [-0.4, -0.2) is 23.3 Å². The lowest BCUT2D eigenvalue weighted by Crippen LogP contribution is -2.18. The van der Waals surface area contributed by atoms with Crippen molar-refractivity contribution in [3.05, 3.63) is 0 Å². The van der Waals surface area contributed by atoms with Gasteiger partial charge in [0.05, 0.1) is 18.1 Å². The molecular weight excluding hydrogens is 156 g/mol. The maximum absolute atomic E-state index is 11.2. The molecule has 2 aliphatic carbocycles. The van der Waals surface area contributed by atoms with Crippen molar-refractivity contribution in [2.75, 3.05) is 6.61 Å². The zero-order chi connectivity index (χ0) is 8.77. The van der Waals surface area contributed by atoms with Crippen molar-refractivity contribution >= 4 is 5.97 Å². The van der Waals surface area contributed by atoms with E-state index < -0.39 is 5.60 Å². The fraction of sp³-hybridized carbons (Fsp3) is 0.889. The molecule has 68 valence electrons. The van der Waals surface area contributed by atoms with Crippen molar-refractivity contribution in [3.63, 3.8) is 0 Å². The first-order valence-corrected chi connectivity index (χ1v) is 4.55. The van der Waals surface area contributed by atoms with E-state index in [4.69, 9.17) is 4.74 Å². The van der Waals surface area contributed by atoms with Gasteiger partial charge in [-0.1, -0.05) is 0 Å².